The van der Waals surface area contributed by atoms with Gasteiger partial charge in [0.15, 0.2) is 5.76 Å². The largest absolute Gasteiger partial charge is 0.468 e. The van der Waals surface area contributed by atoms with Gasteiger partial charge in [0, 0.05) is 45.8 Å². The molecule has 24 heavy (non-hydrogen) atoms. The van der Waals surface area contributed by atoms with Gasteiger partial charge in [-0.3, -0.25) is 14.5 Å². The highest BCUT2D eigenvalue weighted by molar-refractivity contribution is 5.92. The van der Waals surface area contributed by atoms with Gasteiger partial charge in [0.05, 0.1) is 13.7 Å². The molecule has 4 rings (SSSR count). The van der Waals surface area contributed by atoms with Crippen molar-refractivity contribution in [3.63, 3.8) is 0 Å². The standard InChI is InChI=1S/C17H25N3O4/c1-18(2)15(21)11-19-8-12-4-5-13(10-19)20(9-12)17(22)14-6-7-16(23-3)24-14/h6-7,12-13H,4-5,8-11H2,1-3H3/t12-,13+/m0/s1. The van der Waals surface area contributed by atoms with Gasteiger partial charge < -0.3 is 19.0 Å². The van der Waals surface area contributed by atoms with Gasteiger partial charge in [0.2, 0.25) is 5.91 Å². The molecule has 4 heterocycles. The van der Waals surface area contributed by atoms with Gasteiger partial charge >= 0.3 is 0 Å². The molecular formula is C17H25N3O4. The molecule has 0 N–H and O–H groups in total. The van der Waals surface area contributed by atoms with E-state index in [2.05, 4.69) is 4.90 Å². The maximum Gasteiger partial charge on any atom is 0.290 e. The molecule has 1 aromatic heterocycles. The molecule has 0 radical (unpaired) electrons. The van der Waals surface area contributed by atoms with E-state index in [0.717, 1.165) is 32.5 Å². The van der Waals surface area contributed by atoms with Crippen molar-refractivity contribution in [1.29, 1.82) is 0 Å². The fourth-order valence-electron chi connectivity index (χ4n) is 3.58. The molecule has 2 atom stereocenters. The van der Waals surface area contributed by atoms with Crippen LogP contribution in [-0.2, 0) is 4.79 Å². The van der Waals surface area contributed by atoms with Crippen LogP contribution in [0.4, 0.5) is 0 Å². The van der Waals surface area contributed by atoms with Gasteiger partial charge in [-0.2, -0.15) is 0 Å². The Balaban J connectivity index is 1.71. The van der Waals surface area contributed by atoms with E-state index in [1.807, 2.05) is 4.90 Å². The van der Waals surface area contributed by atoms with Crippen molar-refractivity contribution in [3.05, 3.63) is 17.9 Å². The lowest BCUT2D eigenvalue weighted by molar-refractivity contribution is -0.129. The fraction of sp³-hybridized carbons (Fsp3) is 0.647. The predicted octanol–water partition coefficient (Wildman–Crippen LogP) is 0.913. The molecule has 3 aliphatic rings. The topological polar surface area (TPSA) is 66.2 Å². The summed E-state index contributed by atoms with van der Waals surface area (Å²) in [4.78, 5) is 30.5. The first kappa shape index (κ1) is 16.8. The number of ether oxygens (including phenoxy) is 1. The summed E-state index contributed by atoms with van der Waals surface area (Å²) in [5.41, 5.74) is 0. The van der Waals surface area contributed by atoms with Crippen LogP contribution in [0.3, 0.4) is 0 Å². The van der Waals surface area contributed by atoms with E-state index < -0.39 is 0 Å². The molecular weight excluding hydrogens is 310 g/mol. The number of fused-ring (bicyclic) bond motifs is 4. The zero-order valence-electron chi connectivity index (χ0n) is 14.5. The quantitative estimate of drug-likeness (QED) is 0.818. The van der Waals surface area contributed by atoms with Crippen molar-refractivity contribution >= 4 is 11.8 Å². The summed E-state index contributed by atoms with van der Waals surface area (Å²) in [6, 6.07) is 3.45. The average molecular weight is 335 g/mol. The minimum Gasteiger partial charge on any atom is -0.468 e. The minimum absolute atomic E-state index is 0.0891. The first-order valence-corrected chi connectivity index (χ1v) is 8.35. The van der Waals surface area contributed by atoms with Gasteiger partial charge in [-0.25, -0.2) is 0 Å². The van der Waals surface area contributed by atoms with Gasteiger partial charge in [0.25, 0.3) is 11.9 Å². The molecule has 0 spiro atoms. The van der Waals surface area contributed by atoms with E-state index in [9.17, 15) is 9.59 Å². The molecule has 0 aliphatic carbocycles. The van der Waals surface area contributed by atoms with Crippen LogP contribution in [0.25, 0.3) is 0 Å². The second-order valence-electron chi connectivity index (χ2n) is 6.86. The Labute approximate surface area is 142 Å². The van der Waals surface area contributed by atoms with E-state index in [0.29, 0.717) is 24.2 Å². The summed E-state index contributed by atoms with van der Waals surface area (Å²) in [7, 11) is 5.06. The summed E-state index contributed by atoms with van der Waals surface area (Å²) in [5.74, 6) is 1.07. The minimum atomic E-state index is -0.0891. The Bertz CT molecular complexity index is 613. The third kappa shape index (κ3) is 3.40. The molecule has 3 aliphatic heterocycles. The maximum atomic E-state index is 12.8. The molecule has 3 fully saturated rings. The fourth-order valence-corrected chi connectivity index (χ4v) is 3.58. The van der Waals surface area contributed by atoms with Crippen molar-refractivity contribution in [1.82, 2.24) is 14.7 Å². The van der Waals surface area contributed by atoms with Gasteiger partial charge in [0.1, 0.15) is 0 Å². The average Bonchev–Trinajstić information content (AvgIpc) is 2.88. The number of hydrogen-bond acceptors (Lipinski definition) is 5. The summed E-state index contributed by atoms with van der Waals surface area (Å²) in [6.07, 6.45) is 2.07. The lowest BCUT2D eigenvalue weighted by Gasteiger charge is -2.35. The molecule has 2 bridgehead atoms. The van der Waals surface area contributed by atoms with Crippen LogP contribution in [-0.4, -0.2) is 79.9 Å². The molecule has 7 heteroatoms. The first-order valence-electron chi connectivity index (χ1n) is 8.35. The highest BCUT2D eigenvalue weighted by Gasteiger charge is 2.38. The number of nitrogens with zero attached hydrogens (tertiary/aromatic N) is 3. The molecule has 0 unspecified atom stereocenters. The molecule has 2 amide bonds. The van der Waals surface area contributed by atoms with Crippen molar-refractivity contribution in [3.8, 4) is 5.95 Å². The van der Waals surface area contributed by atoms with Crippen LogP contribution in [0, 0.1) is 5.92 Å². The number of likely N-dealkylation sites (N-methyl/N-ethyl adjacent to an activating group) is 1. The normalized spacial score (nSPS) is 23.9. The SMILES string of the molecule is COc1ccc(C(=O)N2C[C@H]3CC[C@@H]2CN(CC(=O)N(C)C)C3)o1. The second-order valence-corrected chi connectivity index (χ2v) is 6.86. The zero-order chi connectivity index (χ0) is 17.3. The van der Waals surface area contributed by atoms with Gasteiger partial charge in [-0.15, -0.1) is 0 Å². The zero-order valence-corrected chi connectivity index (χ0v) is 14.5. The number of hydrogen-bond donors (Lipinski definition) is 0. The van der Waals surface area contributed by atoms with E-state index in [1.54, 1.807) is 31.1 Å². The Morgan fingerprint density at radius 3 is 2.71 bits per heavy atom. The van der Waals surface area contributed by atoms with Crippen LogP contribution < -0.4 is 4.74 Å². The summed E-state index contributed by atoms with van der Waals surface area (Å²) < 4.78 is 10.4. The van der Waals surface area contributed by atoms with E-state index >= 15 is 0 Å². The third-order valence-electron chi connectivity index (χ3n) is 4.90. The molecule has 0 aromatic carbocycles. The van der Waals surface area contributed by atoms with Crippen molar-refractivity contribution in [2.45, 2.75) is 18.9 Å². The Morgan fingerprint density at radius 1 is 1.25 bits per heavy atom. The Morgan fingerprint density at radius 2 is 2.04 bits per heavy atom. The number of furan rings is 1. The van der Waals surface area contributed by atoms with Crippen molar-refractivity contribution in [2.75, 3.05) is 47.4 Å². The van der Waals surface area contributed by atoms with Crippen LogP contribution in [0.15, 0.2) is 16.5 Å². The monoisotopic (exact) mass is 335 g/mol. The summed E-state index contributed by atoms with van der Waals surface area (Å²) in [5, 5.41) is 0. The van der Waals surface area contributed by atoms with Crippen LogP contribution in [0.1, 0.15) is 23.4 Å². The number of amides is 2. The van der Waals surface area contributed by atoms with Crippen LogP contribution >= 0.6 is 0 Å². The maximum absolute atomic E-state index is 12.8. The number of methoxy groups -OCH3 is 1. The Hall–Kier alpha value is -2.02. The first-order chi connectivity index (χ1) is 11.5. The number of carbonyl (C=O) groups is 2. The van der Waals surface area contributed by atoms with Gasteiger partial charge in [-0.1, -0.05) is 0 Å². The number of rotatable bonds is 4. The van der Waals surface area contributed by atoms with Crippen molar-refractivity contribution < 1.29 is 18.7 Å². The number of carbonyl (C=O) groups excluding carboxylic acids is 2. The predicted molar refractivity (Wildman–Crippen MR) is 87.9 cm³/mol. The second kappa shape index (κ2) is 6.84. The lowest BCUT2D eigenvalue weighted by atomic mass is 9.95. The highest BCUT2D eigenvalue weighted by Crippen LogP contribution is 2.30. The van der Waals surface area contributed by atoms with E-state index in [1.165, 1.54) is 7.11 Å². The molecule has 0 saturated carbocycles. The molecule has 1 aromatic rings. The smallest absolute Gasteiger partial charge is 0.290 e. The third-order valence-corrected chi connectivity index (χ3v) is 4.90. The van der Waals surface area contributed by atoms with Crippen LogP contribution in [0.5, 0.6) is 5.95 Å². The van der Waals surface area contributed by atoms with E-state index in [-0.39, 0.29) is 17.9 Å². The summed E-state index contributed by atoms with van der Waals surface area (Å²) >= 11 is 0. The highest BCUT2D eigenvalue weighted by atomic mass is 16.6. The van der Waals surface area contributed by atoms with Crippen LogP contribution in [0.2, 0.25) is 0 Å². The molecule has 132 valence electrons. The van der Waals surface area contributed by atoms with E-state index in [4.69, 9.17) is 9.15 Å². The Kier molecular flexibility index (Phi) is 4.80. The summed E-state index contributed by atoms with van der Waals surface area (Å²) in [6.45, 7) is 2.73. The molecule has 7 nitrogen and oxygen atoms in total. The number of piperidine rings is 1. The van der Waals surface area contributed by atoms with Gasteiger partial charge in [-0.05, 0) is 24.8 Å². The molecule has 3 saturated heterocycles. The van der Waals surface area contributed by atoms with Crippen molar-refractivity contribution in [2.24, 2.45) is 5.92 Å². The lowest BCUT2D eigenvalue weighted by Crippen LogP contribution is -2.47.